The second kappa shape index (κ2) is 10.9. The highest BCUT2D eigenvalue weighted by molar-refractivity contribution is 6.36. The summed E-state index contributed by atoms with van der Waals surface area (Å²) in [4.78, 5) is 51.1. The van der Waals surface area contributed by atoms with Crippen molar-refractivity contribution in [1.29, 1.82) is 0 Å². The lowest BCUT2D eigenvalue weighted by Gasteiger charge is -2.54. The number of ketones is 1. The van der Waals surface area contributed by atoms with E-state index in [0.717, 1.165) is 22.3 Å². The summed E-state index contributed by atoms with van der Waals surface area (Å²) in [5, 5.41) is 0. The van der Waals surface area contributed by atoms with Gasteiger partial charge in [0.2, 0.25) is 11.8 Å². The molecule has 3 aliphatic carbocycles. The molecule has 2 amide bonds. The van der Waals surface area contributed by atoms with Crippen LogP contribution in [0.15, 0.2) is 72.8 Å². The minimum atomic E-state index is -1.19. The standard InChI is InChI=1S/C33H29Cl2NO6/c1-41-21-11-9-10-20(18-21)26(37)19-42-27(38)16-3-2-8-17-36-30(39)28-29(31(36)40)33(35)23-13-5-4-12-22(23)32(28,34)24-14-6-7-15-25(24)33/h4-7,9-15,18,28-29H,2-3,8,16-17,19H2,1H3/t28-,29-,32?,33?/m1/s1. The summed E-state index contributed by atoms with van der Waals surface area (Å²) in [6.45, 7) is -0.142. The Labute approximate surface area is 253 Å². The number of alkyl halides is 2. The molecule has 1 fully saturated rings. The number of hydrogen-bond acceptors (Lipinski definition) is 6. The largest absolute Gasteiger partial charge is 0.497 e. The van der Waals surface area contributed by atoms with E-state index in [1.165, 1.54) is 12.0 Å². The third kappa shape index (κ3) is 4.24. The molecule has 0 spiro atoms. The summed E-state index contributed by atoms with van der Waals surface area (Å²) in [7, 11) is 1.51. The van der Waals surface area contributed by atoms with Crippen LogP contribution >= 0.6 is 23.2 Å². The number of benzene rings is 3. The van der Waals surface area contributed by atoms with Crippen LogP contribution in [0.1, 0.15) is 58.3 Å². The van der Waals surface area contributed by atoms with Gasteiger partial charge in [0.15, 0.2) is 12.4 Å². The zero-order chi connectivity index (χ0) is 29.6. The Bertz CT molecular complexity index is 1480. The van der Waals surface area contributed by atoms with E-state index in [1.807, 2.05) is 48.5 Å². The van der Waals surface area contributed by atoms with Crippen LogP contribution in [0.4, 0.5) is 0 Å². The number of Topliss-reactive ketones (excluding diaryl/α,β-unsaturated/α-hetero) is 1. The Hall–Kier alpha value is -3.68. The van der Waals surface area contributed by atoms with Crippen molar-refractivity contribution >= 4 is 46.8 Å². The number of unbranched alkanes of at least 4 members (excludes halogenated alkanes) is 2. The van der Waals surface area contributed by atoms with Gasteiger partial charge in [-0.1, -0.05) is 67.1 Å². The SMILES string of the molecule is COc1cccc(C(=O)COC(=O)CCCCCN2C(=O)[C@H]3[C@H](C2=O)C2(Cl)c4ccccc4C3(Cl)c3ccccc32)c1. The van der Waals surface area contributed by atoms with Crippen LogP contribution in [0.5, 0.6) is 5.75 Å². The van der Waals surface area contributed by atoms with Gasteiger partial charge in [0.05, 0.1) is 18.9 Å². The summed E-state index contributed by atoms with van der Waals surface area (Å²) in [6.07, 6.45) is 1.71. The van der Waals surface area contributed by atoms with E-state index in [2.05, 4.69) is 0 Å². The normalized spacial score (nSPS) is 25.1. The smallest absolute Gasteiger partial charge is 0.306 e. The molecule has 7 nitrogen and oxygen atoms in total. The van der Waals surface area contributed by atoms with E-state index in [0.29, 0.717) is 30.6 Å². The van der Waals surface area contributed by atoms with E-state index < -0.39 is 27.6 Å². The van der Waals surface area contributed by atoms with Gasteiger partial charge >= 0.3 is 5.97 Å². The van der Waals surface area contributed by atoms with Gasteiger partial charge < -0.3 is 9.47 Å². The minimum absolute atomic E-state index is 0.124. The molecule has 0 unspecified atom stereocenters. The van der Waals surface area contributed by atoms with Crippen molar-refractivity contribution in [1.82, 2.24) is 4.90 Å². The first-order valence-corrected chi connectivity index (χ1v) is 14.7. The maximum absolute atomic E-state index is 13.8. The highest BCUT2D eigenvalue weighted by Gasteiger charge is 2.72. The van der Waals surface area contributed by atoms with Crippen LogP contribution in [0.2, 0.25) is 0 Å². The fourth-order valence-corrected chi connectivity index (χ4v) is 7.86. The van der Waals surface area contributed by atoms with Gasteiger partial charge in [-0.15, -0.1) is 23.2 Å². The van der Waals surface area contributed by atoms with Gasteiger partial charge in [-0.3, -0.25) is 24.1 Å². The summed E-state index contributed by atoms with van der Waals surface area (Å²) in [5.74, 6) is -2.51. The maximum atomic E-state index is 13.8. The molecule has 0 saturated carbocycles. The van der Waals surface area contributed by atoms with E-state index in [9.17, 15) is 19.2 Å². The molecule has 2 bridgehead atoms. The van der Waals surface area contributed by atoms with Crippen molar-refractivity contribution in [2.75, 3.05) is 20.3 Å². The van der Waals surface area contributed by atoms with Crippen LogP contribution in [-0.4, -0.2) is 48.7 Å². The van der Waals surface area contributed by atoms with Crippen LogP contribution in [0.3, 0.4) is 0 Å². The van der Waals surface area contributed by atoms with Gasteiger partial charge in [-0.05, 0) is 47.2 Å². The number of hydrogen-bond donors (Lipinski definition) is 0. The number of methoxy groups -OCH3 is 1. The third-order valence-corrected chi connectivity index (χ3v) is 9.98. The van der Waals surface area contributed by atoms with Gasteiger partial charge in [0.1, 0.15) is 15.5 Å². The molecule has 42 heavy (non-hydrogen) atoms. The summed E-state index contributed by atoms with van der Waals surface area (Å²) >= 11 is 14.9. The van der Waals surface area contributed by atoms with Gasteiger partial charge in [-0.2, -0.15) is 0 Å². The first-order valence-electron chi connectivity index (χ1n) is 14.0. The number of amides is 2. The second-order valence-corrected chi connectivity index (χ2v) is 12.1. The number of carbonyl (C=O) groups is 4. The zero-order valence-corrected chi connectivity index (χ0v) is 24.5. The Morgan fingerprint density at radius 1 is 0.786 bits per heavy atom. The summed E-state index contributed by atoms with van der Waals surface area (Å²) in [5.41, 5.74) is 3.49. The second-order valence-electron chi connectivity index (χ2n) is 10.9. The Kier molecular flexibility index (Phi) is 7.36. The Morgan fingerprint density at radius 3 is 1.86 bits per heavy atom. The molecular weight excluding hydrogens is 577 g/mol. The molecule has 216 valence electrons. The first kappa shape index (κ1) is 28.4. The van der Waals surface area contributed by atoms with Crippen molar-refractivity contribution in [3.05, 3.63) is 101 Å². The Morgan fingerprint density at radius 2 is 1.33 bits per heavy atom. The number of imide groups is 1. The molecule has 9 heteroatoms. The van der Waals surface area contributed by atoms with Crippen LogP contribution in [0.25, 0.3) is 0 Å². The quantitative estimate of drug-likeness (QED) is 0.0986. The average Bonchev–Trinajstić information content (AvgIpc) is 3.28. The van der Waals surface area contributed by atoms with Crippen molar-refractivity contribution in [2.45, 2.75) is 35.4 Å². The molecule has 7 rings (SSSR count). The van der Waals surface area contributed by atoms with E-state index >= 15 is 0 Å². The van der Waals surface area contributed by atoms with Crippen molar-refractivity contribution in [3.63, 3.8) is 0 Å². The highest BCUT2D eigenvalue weighted by atomic mass is 35.5. The van der Waals surface area contributed by atoms with Crippen LogP contribution in [-0.2, 0) is 28.9 Å². The molecule has 3 aromatic carbocycles. The van der Waals surface area contributed by atoms with Gasteiger partial charge in [0.25, 0.3) is 0 Å². The van der Waals surface area contributed by atoms with Crippen molar-refractivity contribution in [3.8, 4) is 5.75 Å². The maximum Gasteiger partial charge on any atom is 0.306 e. The monoisotopic (exact) mass is 605 g/mol. The lowest BCUT2D eigenvalue weighted by Crippen LogP contribution is -2.57. The summed E-state index contributed by atoms with van der Waals surface area (Å²) < 4.78 is 10.3. The molecular formula is C33H29Cl2NO6. The lowest BCUT2D eigenvalue weighted by molar-refractivity contribution is -0.143. The van der Waals surface area contributed by atoms with E-state index in [-0.39, 0.29) is 37.2 Å². The predicted octanol–water partition coefficient (Wildman–Crippen LogP) is 5.57. The number of esters is 1. The molecule has 1 aliphatic heterocycles. The highest BCUT2D eigenvalue weighted by Crippen LogP contribution is 2.69. The molecule has 0 N–H and O–H groups in total. The molecule has 2 atom stereocenters. The van der Waals surface area contributed by atoms with E-state index in [4.69, 9.17) is 32.7 Å². The number of halogens is 2. The molecule has 1 heterocycles. The fraction of sp³-hybridized carbons (Fsp3) is 0.333. The number of rotatable bonds is 10. The molecule has 3 aromatic rings. The molecule has 1 saturated heterocycles. The van der Waals surface area contributed by atoms with Crippen molar-refractivity contribution < 1.29 is 28.7 Å². The van der Waals surface area contributed by atoms with Gasteiger partial charge in [0, 0.05) is 18.5 Å². The molecule has 0 radical (unpaired) electrons. The number of ether oxygens (including phenoxy) is 2. The predicted molar refractivity (Wildman–Crippen MR) is 157 cm³/mol. The van der Waals surface area contributed by atoms with Crippen LogP contribution < -0.4 is 4.74 Å². The third-order valence-electron chi connectivity index (χ3n) is 8.70. The minimum Gasteiger partial charge on any atom is -0.497 e. The Balaban J connectivity index is 1.07. The van der Waals surface area contributed by atoms with Gasteiger partial charge in [-0.25, -0.2) is 0 Å². The van der Waals surface area contributed by atoms with Crippen LogP contribution in [0, 0.1) is 11.8 Å². The summed E-state index contributed by atoms with van der Waals surface area (Å²) in [6, 6.07) is 21.7. The number of carbonyl (C=O) groups excluding carboxylic acids is 4. The van der Waals surface area contributed by atoms with Crippen molar-refractivity contribution in [2.24, 2.45) is 11.8 Å². The van der Waals surface area contributed by atoms with E-state index in [1.54, 1.807) is 24.3 Å². The first-order chi connectivity index (χ1) is 20.2. The molecule has 0 aromatic heterocycles. The lowest BCUT2D eigenvalue weighted by atomic mass is 9.54. The number of nitrogens with zero attached hydrogens (tertiary/aromatic N) is 1. The fourth-order valence-electron chi connectivity index (χ4n) is 6.76. The zero-order valence-electron chi connectivity index (χ0n) is 23.0. The average molecular weight is 607 g/mol. The number of likely N-dealkylation sites (tertiary alicyclic amines) is 1. The molecule has 4 aliphatic rings. The topological polar surface area (TPSA) is 90.0 Å².